The Morgan fingerprint density at radius 1 is 1.17 bits per heavy atom. The highest BCUT2D eigenvalue weighted by Gasteiger charge is 2.28. The van der Waals surface area contributed by atoms with Crippen molar-refractivity contribution in [3.8, 4) is 17.2 Å². The number of fused-ring (bicyclic) bond motifs is 1. The second-order valence-corrected chi connectivity index (χ2v) is 7.06. The van der Waals surface area contributed by atoms with Crippen molar-refractivity contribution in [2.24, 2.45) is 5.16 Å². The lowest BCUT2D eigenvalue weighted by molar-refractivity contribution is -0.131. The van der Waals surface area contributed by atoms with Crippen LogP contribution in [0.2, 0.25) is 0 Å². The number of ether oxygens (including phenoxy) is 3. The summed E-state index contributed by atoms with van der Waals surface area (Å²) in [7, 11) is 1.64. The zero-order valence-electron chi connectivity index (χ0n) is 16.3. The van der Waals surface area contributed by atoms with Gasteiger partial charge in [-0.25, -0.2) is 0 Å². The van der Waals surface area contributed by atoms with E-state index in [1.165, 1.54) is 0 Å². The van der Waals surface area contributed by atoms with Crippen molar-refractivity contribution in [1.82, 2.24) is 5.32 Å². The van der Waals surface area contributed by atoms with Gasteiger partial charge in [-0.05, 0) is 29.8 Å². The molecule has 1 amide bonds. The number of nitrogens with one attached hydrogen (secondary N) is 1. The van der Waals surface area contributed by atoms with Crippen LogP contribution in [0.1, 0.15) is 18.4 Å². The molecule has 2 atom stereocenters. The Kier molecular flexibility index (Phi) is 5.84. The molecule has 2 heterocycles. The number of rotatable bonds is 7. The third-order valence-electron chi connectivity index (χ3n) is 4.92. The van der Waals surface area contributed by atoms with Gasteiger partial charge in [-0.2, -0.15) is 0 Å². The van der Waals surface area contributed by atoms with E-state index < -0.39 is 6.10 Å². The quantitative estimate of drug-likeness (QED) is 0.779. The Bertz CT molecular complexity index is 881. The Labute approximate surface area is 169 Å². The van der Waals surface area contributed by atoms with E-state index in [9.17, 15) is 4.79 Å². The first-order valence-corrected chi connectivity index (χ1v) is 9.72. The van der Waals surface area contributed by atoms with Crippen LogP contribution in [0.5, 0.6) is 17.2 Å². The van der Waals surface area contributed by atoms with Crippen molar-refractivity contribution in [3.63, 3.8) is 0 Å². The van der Waals surface area contributed by atoms with Gasteiger partial charge in [-0.1, -0.05) is 29.4 Å². The van der Waals surface area contributed by atoms with Crippen molar-refractivity contribution in [1.29, 1.82) is 0 Å². The molecule has 7 heteroatoms. The van der Waals surface area contributed by atoms with Crippen LogP contribution in [0.4, 0.5) is 0 Å². The Morgan fingerprint density at radius 3 is 2.76 bits per heavy atom. The Hall–Kier alpha value is -3.22. The molecule has 2 aliphatic heterocycles. The molecule has 0 aliphatic carbocycles. The molecule has 29 heavy (non-hydrogen) atoms. The molecule has 0 saturated heterocycles. The number of carbonyl (C=O) groups is 1. The minimum Gasteiger partial charge on any atom is -0.497 e. The maximum atomic E-state index is 12.4. The number of para-hydroxylation sites is 2. The van der Waals surface area contributed by atoms with Crippen LogP contribution in [0.3, 0.4) is 0 Å². The van der Waals surface area contributed by atoms with Crippen molar-refractivity contribution in [2.45, 2.75) is 31.5 Å². The second-order valence-electron chi connectivity index (χ2n) is 7.06. The fraction of sp³-hybridized carbons (Fsp3) is 0.364. The summed E-state index contributed by atoms with van der Waals surface area (Å²) < 4.78 is 16.8. The summed E-state index contributed by atoms with van der Waals surface area (Å²) in [5, 5.41) is 6.98. The number of methoxy groups -OCH3 is 1. The summed E-state index contributed by atoms with van der Waals surface area (Å²) in [5.74, 6) is 2.15. The van der Waals surface area contributed by atoms with Crippen LogP contribution in [0.25, 0.3) is 0 Å². The lowest BCUT2D eigenvalue weighted by Crippen LogP contribution is -2.38. The fourth-order valence-electron chi connectivity index (χ4n) is 3.33. The number of hydrogen-bond donors (Lipinski definition) is 1. The van der Waals surface area contributed by atoms with Gasteiger partial charge in [-0.3, -0.25) is 4.79 Å². The second kappa shape index (κ2) is 8.86. The maximum absolute atomic E-state index is 12.4. The summed E-state index contributed by atoms with van der Waals surface area (Å²) in [6.07, 6.45) is 1.14. The molecule has 0 bridgehead atoms. The van der Waals surface area contributed by atoms with Crippen LogP contribution >= 0.6 is 0 Å². The molecule has 4 rings (SSSR count). The van der Waals surface area contributed by atoms with Gasteiger partial charge < -0.3 is 24.4 Å². The standard InChI is InChI=1S/C22H24N2O5/c1-26-17-8-6-15(7-9-17)12-16-13-21(29-24-16)22(25)23-11-10-18-14-27-19-4-2-3-5-20(19)28-18/h2-9,18,21H,10-14H2,1H3,(H,23,25)/t18-,21+/m1/s1. The van der Waals surface area contributed by atoms with Crippen LogP contribution < -0.4 is 19.5 Å². The smallest absolute Gasteiger partial charge is 0.264 e. The van der Waals surface area contributed by atoms with Crippen molar-refractivity contribution >= 4 is 11.6 Å². The van der Waals surface area contributed by atoms with E-state index in [-0.39, 0.29) is 12.0 Å². The van der Waals surface area contributed by atoms with Crippen LogP contribution in [-0.4, -0.2) is 44.1 Å². The normalized spacial score (nSPS) is 19.8. The summed E-state index contributed by atoms with van der Waals surface area (Å²) >= 11 is 0. The topological polar surface area (TPSA) is 78.4 Å². The van der Waals surface area contributed by atoms with E-state index in [1.54, 1.807) is 7.11 Å². The van der Waals surface area contributed by atoms with E-state index in [4.69, 9.17) is 19.0 Å². The van der Waals surface area contributed by atoms with E-state index >= 15 is 0 Å². The highest BCUT2D eigenvalue weighted by molar-refractivity contribution is 5.93. The number of nitrogens with zero attached hydrogens (tertiary/aromatic N) is 1. The molecule has 152 valence electrons. The first-order chi connectivity index (χ1) is 14.2. The molecule has 2 aliphatic rings. The number of amides is 1. The SMILES string of the molecule is COc1ccc(CC2=NO[C@H](C(=O)NCC[C@@H]3COc4ccccc4O3)C2)cc1. The largest absolute Gasteiger partial charge is 0.497 e. The third-order valence-corrected chi connectivity index (χ3v) is 4.92. The first-order valence-electron chi connectivity index (χ1n) is 9.72. The molecule has 0 saturated carbocycles. The lowest BCUT2D eigenvalue weighted by Gasteiger charge is -2.26. The van der Waals surface area contributed by atoms with E-state index in [0.717, 1.165) is 28.5 Å². The molecule has 2 aromatic carbocycles. The van der Waals surface area contributed by atoms with Gasteiger partial charge in [0.1, 0.15) is 18.5 Å². The van der Waals surface area contributed by atoms with Crippen LogP contribution in [0.15, 0.2) is 53.7 Å². The molecular weight excluding hydrogens is 372 g/mol. The Balaban J connectivity index is 1.18. The minimum absolute atomic E-state index is 0.0865. The van der Waals surface area contributed by atoms with E-state index in [0.29, 0.717) is 32.4 Å². The molecule has 0 spiro atoms. The van der Waals surface area contributed by atoms with Crippen molar-refractivity contribution in [2.75, 3.05) is 20.3 Å². The average Bonchev–Trinajstić information content (AvgIpc) is 3.23. The van der Waals surface area contributed by atoms with Crippen LogP contribution in [0, 0.1) is 0 Å². The monoisotopic (exact) mass is 396 g/mol. The first kappa shape index (κ1) is 19.1. The summed E-state index contributed by atoms with van der Waals surface area (Å²) in [5.41, 5.74) is 1.96. The Morgan fingerprint density at radius 2 is 1.97 bits per heavy atom. The summed E-state index contributed by atoms with van der Waals surface area (Å²) in [4.78, 5) is 17.7. The van der Waals surface area contributed by atoms with E-state index in [1.807, 2.05) is 48.5 Å². The highest BCUT2D eigenvalue weighted by atomic mass is 16.6. The molecular formula is C22H24N2O5. The molecule has 2 aromatic rings. The van der Waals surface area contributed by atoms with Gasteiger partial charge >= 0.3 is 0 Å². The summed E-state index contributed by atoms with van der Waals surface area (Å²) in [6, 6.07) is 15.4. The number of oxime groups is 1. The molecule has 1 N–H and O–H groups in total. The van der Waals surface area contributed by atoms with Gasteiger partial charge in [-0.15, -0.1) is 0 Å². The molecule has 0 radical (unpaired) electrons. The molecule has 0 fully saturated rings. The van der Waals surface area contributed by atoms with Gasteiger partial charge in [0.2, 0.25) is 6.10 Å². The number of benzene rings is 2. The summed E-state index contributed by atoms with van der Waals surface area (Å²) in [6.45, 7) is 0.963. The number of hydrogen-bond acceptors (Lipinski definition) is 6. The predicted octanol–water partition coefficient (Wildman–Crippen LogP) is 2.73. The zero-order chi connectivity index (χ0) is 20.1. The molecule has 7 nitrogen and oxygen atoms in total. The van der Waals surface area contributed by atoms with Gasteiger partial charge in [0, 0.05) is 25.8 Å². The lowest BCUT2D eigenvalue weighted by atomic mass is 10.0. The highest BCUT2D eigenvalue weighted by Crippen LogP contribution is 2.31. The van der Waals surface area contributed by atoms with Crippen molar-refractivity contribution in [3.05, 3.63) is 54.1 Å². The average molecular weight is 396 g/mol. The van der Waals surface area contributed by atoms with Gasteiger partial charge in [0.05, 0.1) is 12.8 Å². The van der Waals surface area contributed by atoms with Crippen molar-refractivity contribution < 1.29 is 23.8 Å². The third kappa shape index (κ3) is 4.80. The van der Waals surface area contributed by atoms with E-state index in [2.05, 4.69) is 10.5 Å². The predicted molar refractivity (Wildman–Crippen MR) is 108 cm³/mol. The number of carbonyl (C=O) groups excluding carboxylic acids is 1. The molecule has 0 aromatic heterocycles. The van der Waals surface area contributed by atoms with Gasteiger partial charge in [0.15, 0.2) is 11.5 Å². The maximum Gasteiger partial charge on any atom is 0.264 e. The minimum atomic E-state index is -0.576. The fourth-order valence-corrected chi connectivity index (χ4v) is 3.33. The molecule has 0 unspecified atom stereocenters. The zero-order valence-corrected chi connectivity index (χ0v) is 16.3. The van der Waals surface area contributed by atoms with Gasteiger partial charge in [0.25, 0.3) is 5.91 Å². The van der Waals surface area contributed by atoms with Crippen LogP contribution in [-0.2, 0) is 16.1 Å².